The van der Waals surface area contributed by atoms with Gasteiger partial charge in [0, 0.05) is 6.04 Å². The maximum Gasteiger partial charge on any atom is 0.180 e. The van der Waals surface area contributed by atoms with E-state index >= 15 is 0 Å². The fourth-order valence-corrected chi connectivity index (χ4v) is 2.71. The molecule has 3 nitrogen and oxygen atoms in total. The van der Waals surface area contributed by atoms with E-state index < -0.39 is 0 Å². The van der Waals surface area contributed by atoms with Crippen molar-refractivity contribution in [2.75, 3.05) is 20.2 Å². The lowest BCUT2D eigenvalue weighted by Crippen LogP contribution is -2.34. The average molecular weight is 247 g/mol. The summed E-state index contributed by atoms with van der Waals surface area (Å²) in [5.74, 6) is 0.836. The fraction of sp³-hybridized carbons (Fsp3) is 0.533. The molecule has 0 N–H and O–H groups in total. The van der Waals surface area contributed by atoms with Crippen LogP contribution in [0.3, 0.4) is 0 Å². The van der Waals surface area contributed by atoms with Crippen molar-refractivity contribution in [3.05, 3.63) is 29.8 Å². The number of benzene rings is 1. The summed E-state index contributed by atoms with van der Waals surface area (Å²) in [6, 6.07) is 8.04. The van der Waals surface area contributed by atoms with Gasteiger partial charge in [-0.15, -0.1) is 0 Å². The highest BCUT2D eigenvalue weighted by molar-refractivity contribution is 6.00. The van der Waals surface area contributed by atoms with E-state index in [1.807, 2.05) is 24.3 Å². The fourth-order valence-electron chi connectivity index (χ4n) is 2.71. The first-order valence-corrected chi connectivity index (χ1v) is 6.66. The number of hydrogen-bond acceptors (Lipinski definition) is 3. The summed E-state index contributed by atoms with van der Waals surface area (Å²) in [5, 5.41) is 0. The van der Waals surface area contributed by atoms with Crippen molar-refractivity contribution in [1.29, 1.82) is 0 Å². The smallest absolute Gasteiger partial charge is 0.180 e. The molecule has 1 saturated heterocycles. The number of rotatable bonds is 5. The minimum absolute atomic E-state index is 0.160. The van der Waals surface area contributed by atoms with Gasteiger partial charge in [-0.1, -0.05) is 19.1 Å². The summed E-state index contributed by atoms with van der Waals surface area (Å²) in [7, 11) is 1.61. The first-order chi connectivity index (χ1) is 8.76. The molecule has 0 saturated carbocycles. The third-order valence-electron chi connectivity index (χ3n) is 3.72. The lowest BCUT2D eigenvalue weighted by atomic mass is 10.1. The van der Waals surface area contributed by atoms with Gasteiger partial charge in [0.25, 0.3) is 0 Å². The minimum Gasteiger partial charge on any atom is -0.496 e. The molecule has 0 spiro atoms. The van der Waals surface area contributed by atoms with E-state index in [1.54, 1.807) is 7.11 Å². The van der Waals surface area contributed by atoms with Crippen molar-refractivity contribution < 1.29 is 9.53 Å². The Balaban J connectivity index is 2.07. The number of likely N-dealkylation sites (tertiary alicyclic amines) is 1. The lowest BCUT2D eigenvalue weighted by Gasteiger charge is -2.22. The number of para-hydroxylation sites is 1. The van der Waals surface area contributed by atoms with Gasteiger partial charge in [-0.05, 0) is 37.9 Å². The molecule has 1 aliphatic heterocycles. The van der Waals surface area contributed by atoms with Gasteiger partial charge >= 0.3 is 0 Å². The van der Waals surface area contributed by atoms with Gasteiger partial charge in [0.05, 0.1) is 19.2 Å². The van der Waals surface area contributed by atoms with Crippen LogP contribution in [0.1, 0.15) is 36.5 Å². The van der Waals surface area contributed by atoms with E-state index in [2.05, 4.69) is 11.8 Å². The zero-order valence-corrected chi connectivity index (χ0v) is 11.2. The normalized spacial score (nSPS) is 20.0. The van der Waals surface area contributed by atoms with Crippen molar-refractivity contribution in [2.45, 2.75) is 32.2 Å². The molecule has 0 radical (unpaired) electrons. The predicted molar refractivity (Wildman–Crippen MR) is 72.2 cm³/mol. The van der Waals surface area contributed by atoms with Crippen molar-refractivity contribution in [3.63, 3.8) is 0 Å². The maximum atomic E-state index is 12.3. The van der Waals surface area contributed by atoms with Crippen molar-refractivity contribution in [3.8, 4) is 5.75 Å². The molecule has 1 aliphatic rings. The van der Waals surface area contributed by atoms with Gasteiger partial charge in [-0.25, -0.2) is 0 Å². The molecule has 18 heavy (non-hydrogen) atoms. The van der Waals surface area contributed by atoms with Crippen LogP contribution in [0.5, 0.6) is 5.75 Å². The largest absolute Gasteiger partial charge is 0.496 e. The molecule has 1 aromatic carbocycles. The van der Waals surface area contributed by atoms with E-state index in [1.165, 1.54) is 12.8 Å². The van der Waals surface area contributed by atoms with Crippen LogP contribution in [0, 0.1) is 0 Å². The molecule has 1 unspecified atom stereocenters. The molecular weight excluding hydrogens is 226 g/mol. The summed E-state index contributed by atoms with van der Waals surface area (Å²) in [5.41, 5.74) is 0.696. The lowest BCUT2D eigenvalue weighted by molar-refractivity contribution is 0.0917. The number of ether oxygens (including phenoxy) is 1. The Hall–Kier alpha value is -1.35. The molecular formula is C15H21NO2. The van der Waals surface area contributed by atoms with Crippen LogP contribution < -0.4 is 4.74 Å². The Morgan fingerprint density at radius 2 is 2.22 bits per heavy atom. The monoisotopic (exact) mass is 247 g/mol. The Labute approximate surface area is 109 Å². The standard InChI is InChI=1S/C15H21NO2/c1-3-12-7-6-10-16(12)11-14(17)13-8-4-5-9-15(13)18-2/h4-5,8-9,12H,3,6-7,10-11H2,1-2H3. The topological polar surface area (TPSA) is 29.5 Å². The van der Waals surface area contributed by atoms with E-state index in [9.17, 15) is 4.79 Å². The van der Waals surface area contributed by atoms with Crippen LogP contribution in [0.15, 0.2) is 24.3 Å². The van der Waals surface area contributed by atoms with Crippen LogP contribution in [0.4, 0.5) is 0 Å². The zero-order chi connectivity index (χ0) is 13.0. The number of carbonyl (C=O) groups is 1. The summed E-state index contributed by atoms with van der Waals surface area (Å²) < 4.78 is 5.24. The van der Waals surface area contributed by atoms with Crippen molar-refractivity contribution >= 4 is 5.78 Å². The SMILES string of the molecule is CCC1CCCN1CC(=O)c1ccccc1OC. The van der Waals surface area contributed by atoms with Crippen molar-refractivity contribution in [1.82, 2.24) is 4.90 Å². The van der Waals surface area contributed by atoms with E-state index in [0.717, 1.165) is 13.0 Å². The summed E-state index contributed by atoms with van der Waals surface area (Å²) in [6.07, 6.45) is 3.55. The highest BCUT2D eigenvalue weighted by Crippen LogP contribution is 2.22. The minimum atomic E-state index is 0.160. The first kappa shape index (κ1) is 13.1. The second kappa shape index (κ2) is 6.01. The average Bonchev–Trinajstić information content (AvgIpc) is 2.85. The Morgan fingerprint density at radius 3 is 2.94 bits per heavy atom. The molecule has 0 amide bonds. The van der Waals surface area contributed by atoms with Crippen LogP contribution in [0.25, 0.3) is 0 Å². The quantitative estimate of drug-likeness (QED) is 0.749. The molecule has 98 valence electrons. The number of carbonyl (C=O) groups excluding carboxylic acids is 1. The number of ketones is 1. The highest BCUT2D eigenvalue weighted by atomic mass is 16.5. The Morgan fingerprint density at radius 1 is 1.44 bits per heavy atom. The zero-order valence-electron chi connectivity index (χ0n) is 11.2. The number of methoxy groups -OCH3 is 1. The van der Waals surface area contributed by atoms with E-state index in [4.69, 9.17) is 4.74 Å². The molecule has 3 heteroatoms. The molecule has 0 aliphatic carbocycles. The second-order valence-electron chi connectivity index (χ2n) is 4.80. The summed E-state index contributed by atoms with van der Waals surface area (Å²) in [4.78, 5) is 14.6. The van der Waals surface area contributed by atoms with Crippen LogP contribution in [-0.4, -0.2) is 36.9 Å². The Bertz CT molecular complexity index is 417. The van der Waals surface area contributed by atoms with Gasteiger partial charge in [0.1, 0.15) is 5.75 Å². The predicted octanol–water partition coefficient (Wildman–Crippen LogP) is 2.75. The van der Waals surface area contributed by atoms with Gasteiger partial charge in [-0.2, -0.15) is 0 Å². The van der Waals surface area contributed by atoms with Gasteiger partial charge in [0.2, 0.25) is 0 Å². The highest BCUT2D eigenvalue weighted by Gasteiger charge is 2.25. The third kappa shape index (κ3) is 2.72. The molecule has 2 rings (SSSR count). The van der Waals surface area contributed by atoms with Gasteiger partial charge < -0.3 is 4.74 Å². The van der Waals surface area contributed by atoms with Crippen LogP contribution >= 0.6 is 0 Å². The van der Waals surface area contributed by atoms with Gasteiger partial charge in [0.15, 0.2) is 5.78 Å². The Kier molecular flexibility index (Phi) is 4.37. The summed E-state index contributed by atoms with van der Waals surface area (Å²) in [6.45, 7) is 3.74. The maximum absolute atomic E-state index is 12.3. The number of Topliss-reactive ketones (excluding diaryl/α,β-unsaturated/α-hetero) is 1. The van der Waals surface area contributed by atoms with Gasteiger partial charge in [-0.3, -0.25) is 9.69 Å². The summed E-state index contributed by atoms with van der Waals surface area (Å²) >= 11 is 0. The molecule has 0 bridgehead atoms. The number of hydrogen-bond donors (Lipinski definition) is 0. The van der Waals surface area contributed by atoms with Crippen molar-refractivity contribution in [2.24, 2.45) is 0 Å². The molecule has 0 aromatic heterocycles. The third-order valence-corrected chi connectivity index (χ3v) is 3.72. The first-order valence-electron chi connectivity index (χ1n) is 6.66. The van der Waals surface area contributed by atoms with E-state index in [-0.39, 0.29) is 5.78 Å². The molecule has 1 atom stereocenters. The second-order valence-corrected chi connectivity index (χ2v) is 4.80. The molecule has 1 aromatic rings. The van der Waals surface area contributed by atoms with E-state index in [0.29, 0.717) is 23.9 Å². The molecule has 1 fully saturated rings. The van der Waals surface area contributed by atoms with Crippen LogP contribution in [0.2, 0.25) is 0 Å². The molecule has 1 heterocycles. The van der Waals surface area contributed by atoms with Crippen LogP contribution in [-0.2, 0) is 0 Å². The number of nitrogens with zero attached hydrogens (tertiary/aromatic N) is 1.